The number of H-pyrrole nitrogens is 1. The fraction of sp³-hybridized carbons (Fsp3) is 0.125. The molecule has 0 unspecified atom stereocenters. The van der Waals surface area contributed by atoms with Gasteiger partial charge in [0, 0.05) is 18.1 Å². The molecule has 1 aromatic rings. The lowest BCUT2D eigenvalue weighted by Gasteiger charge is -1.91. The third-order valence-corrected chi connectivity index (χ3v) is 1.31. The second-order valence-corrected chi connectivity index (χ2v) is 2.08. The van der Waals surface area contributed by atoms with Crippen LogP contribution in [0, 0.1) is 0 Å². The Morgan fingerprint density at radius 2 is 2.60 bits per heavy atom. The molecule has 1 rings (SSSR count). The standard InChI is InChI=1S/C8H10N2/c1-7(6-9-2)8-4-3-5-10-8/h3-6,10H,2H2,1H3/b7-6-. The minimum atomic E-state index is 1.09. The molecule has 10 heavy (non-hydrogen) atoms. The van der Waals surface area contributed by atoms with Gasteiger partial charge in [-0.05, 0) is 31.3 Å². The lowest BCUT2D eigenvalue weighted by molar-refractivity contribution is 1.33. The molecule has 0 fully saturated rings. The summed E-state index contributed by atoms with van der Waals surface area (Å²) in [6.45, 7) is 5.36. The van der Waals surface area contributed by atoms with Crippen LogP contribution >= 0.6 is 0 Å². The zero-order valence-corrected chi connectivity index (χ0v) is 5.96. The van der Waals surface area contributed by atoms with Gasteiger partial charge in [0.2, 0.25) is 0 Å². The van der Waals surface area contributed by atoms with Crippen LogP contribution in [-0.4, -0.2) is 11.7 Å². The summed E-state index contributed by atoms with van der Waals surface area (Å²) >= 11 is 0. The van der Waals surface area contributed by atoms with Gasteiger partial charge in [0.05, 0.1) is 0 Å². The lowest BCUT2D eigenvalue weighted by Crippen LogP contribution is -1.75. The molecule has 0 saturated carbocycles. The Hall–Kier alpha value is -1.31. The van der Waals surface area contributed by atoms with Crippen molar-refractivity contribution in [3.8, 4) is 0 Å². The average molecular weight is 134 g/mol. The van der Waals surface area contributed by atoms with Crippen molar-refractivity contribution < 1.29 is 0 Å². The van der Waals surface area contributed by atoms with E-state index >= 15 is 0 Å². The quantitative estimate of drug-likeness (QED) is 0.600. The first kappa shape index (κ1) is 6.81. The van der Waals surface area contributed by atoms with Crippen LogP contribution in [0.4, 0.5) is 0 Å². The fourth-order valence-corrected chi connectivity index (χ4v) is 0.782. The SMILES string of the molecule is C=N/C=C(/C)c1ccc[nH]1. The summed E-state index contributed by atoms with van der Waals surface area (Å²) in [7, 11) is 0. The van der Waals surface area contributed by atoms with E-state index in [-0.39, 0.29) is 0 Å². The second-order valence-electron chi connectivity index (χ2n) is 2.08. The maximum absolute atomic E-state index is 3.66. The summed E-state index contributed by atoms with van der Waals surface area (Å²) in [5.41, 5.74) is 2.19. The van der Waals surface area contributed by atoms with Crippen molar-refractivity contribution in [2.45, 2.75) is 6.92 Å². The summed E-state index contributed by atoms with van der Waals surface area (Å²) in [5, 5.41) is 0. The van der Waals surface area contributed by atoms with E-state index in [1.165, 1.54) is 0 Å². The molecule has 52 valence electrons. The van der Waals surface area contributed by atoms with Gasteiger partial charge in [-0.25, -0.2) is 0 Å². The first-order valence-electron chi connectivity index (χ1n) is 3.11. The maximum atomic E-state index is 3.66. The van der Waals surface area contributed by atoms with E-state index in [0.29, 0.717) is 0 Å². The third-order valence-electron chi connectivity index (χ3n) is 1.31. The van der Waals surface area contributed by atoms with E-state index in [1.807, 2.05) is 25.3 Å². The largest absolute Gasteiger partial charge is 0.361 e. The number of allylic oxidation sites excluding steroid dienone is 1. The molecule has 0 aliphatic carbocycles. The van der Waals surface area contributed by atoms with E-state index in [2.05, 4.69) is 16.7 Å². The van der Waals surface area contributed by atoms with Crippen LogP contribution in [0.5, 0.6) is 0 Å². The van der Waals surface area contributed by atoms with Crippen molar-refractivity contribution in [2.24, 2.45) is 4.99 Å². The van der Waals surface area contributed by atoms with Gasteiger partial charge < -0.3 is 4.98 Å². The van der Waals surface area contributed by atoms with E-state index in [4.69, 9.17) is 0 Å². The lowest BCUT2D eigenvalue weighted by atomic mass is 10.2. The molecular weight excluding hydrogens is 124 g/mol. The van der Waals surface area contributed by atoms with Gasteiger partial charge in [0.15, 0.2) is 0 Å². The number of aliphatic imine (C=N–C) groups is 1. The van der Waals surface area contributed by atoms with Crippen LogP contribution in [0.1, 0.15) is 12.6 Å². The summed E-state index contributed by atoms with van der Waals surface area (Å²) in [5.74, 6) is 0. The van der Waals surface area contributed by atoms with E-state index in [9.17, 15) is 0 Å². The molecule has 0 aliphatic heterocycles. The topological polar surface area (TPSA) is 28.1 Å². The van der Waals surface area contributed by atoms with Crippen molar-refractivity contribution in [2.75, 3.05) is 0 Å². The van der Waals surface area contributed by atoms with Gasteiger partial charge in [-0.1, -0.05) is 0 Å². The van der Waals surface area contributed by atoms with E-state index in [0.717, 1.165) is 11.3 Å². The maximum Gasteiger partial charge on any atom is 0.0425 e. The molecule has 0 radical (unpaired) electrons. The molecule has 0 aromatic carbocycles. The summed E-state index contributed by atoms with van der Waals surface area (Å²) in [6, 6.07) is 3.95. The third kappa shape index (κ3) is 1.35. The van der Waals surface area contributed by atoms with Crippen molar-refractivity contribution in [1.82, 2.24) is 4.98 Å². The van der Waals surface area contributed by atoms with E-state index in [1.54, 1.807) is 6.20 Å². The van der Waals surface area contributed by atoms with Crippen molar-refractivity contribution in [3.63, 3.8) is 0 Å². The molecule has 0 atom stereocenters. The van der Waals surface area contributed by atoms with Gasteiger partial charge in [0.25, 0.3) is 0 Å². The smallest absolute Gasteiger partial charge is 0.0425 e. The highest BCUT2D eigenvalue weighted by molar-refractivity contribution is 5.60. The molecule has 2 nitrogen and oxygen atoms in total. The number of nitrogens with zero attached hydrogens (tertiary/aromatic N) is 1. The van der Waals surface area contributed by atoms with Gasteiger partial charge in [-0.3, -0.25) is 4.99 Å². The number of nitrogens with one attached hydrogen (secondary N) is 1. The molecule has 0 saturated heterocycles. The van der Waals surface area contributed by atoms with Crippen LogP contribution in [0.3, 0.4) is 0 Å². The van der Waals surface area contributed by atoms with Gasteiger partial charge >= 0.3 is 0 Å². The number of aromatic nitrogens is 1. The summed E-state index contributed by atoms with van der Waals surface area (Å²) in [6.07, 6.45) is 3.61. The summed E-state index contributed by atoms with van der Waals surface area (Å²) < 4.78 is 0. The molecule has 1 heterocycles. The van der Waals surface area contributed by atoms with Crippen molar-refractivity contribution >= 4 is 12.3 Å². The van der Waals surface area contributed by atoms with Crippen LogP contribution in [0.25, 0.3) is 5.57 Å². The predicted octanol–water partition coefficient (Wildman–Crippen LogP) is 2.08. The predicted molar refractivity (Wildman–Crippen MR) is 44.0 cm³/mol. The van der Waals surface area contributed by atoms with Crippen LogP contribution in [0.2, 0.25) is 0 Å². The number of hydrogen-bond donors (Lipinski definition) is 1. The Morgan fingerprint density at radius 3 is 3.10 bits per heavy atom. The number of rotatable bonds is 2. The molecular formula is C8H10N2. The Bertz CT molecular complexity index is 232. The van der Waals surface area contributed by atoms with Gasteiger partial charge in [-0.2, -0.15) is 0 Å². The second kappa shape index (κ2) is 3.01. The Kier molecular flexibility index (Phi) is 2.05. The highest BCUT2D eigenvalue weighted by atomic mass is 14.7. The Morgan fingerprint density at radius 1 is 1.80 bits per heavy atom. The average Bonchev–Trinajstić information content (AvgIpc) is 2.38. The molecule has 2 heteroatoms. The van der Waals surface area contributed by atoms with Gasteiger partial charge in [0.1, 0.15) is 0 Å². The monoisotopic (exact) mass is 134 g/mol. The minimum absolute atomic E-state index is 1.09. The highest BCUT2D eigenvalue weighted by Crippen LogP contribution is 2.09. The number of aromatic amines is 1. The van der Waals surface area contributed by atoms with Crippen LogP contribution in [-0.2, 0) is 0 Å². The molecule has 0 amide bonds. The summed E-state index contributed by atoms with van der Waals surface area (Å²) in [4.78, 5) is 6.73. The Labute approximate surface area is 60.3 Å². The number of hydrogen-bond acceptors (Lipinski definition) is 1. The minimum Gasteiger partial charge on any atom is -0.361 e. The van der Waals surface area contributed by atoms with Crippen LogP contribution in [0.15, 0.2) is 29.5 Å². The Balaban J connectivity index is 2.86. The van der Waals surface area contributed by atoms with Crippen molar-refractivity contribution in [3.05, 3.63) is 30.2 Å². The zero-order chi connectivity index (χ0) is 7.40. The molecule has 0 spiro atoms. The highest BCUT2D eigenvalue weighted by Gasteiger charge is 1.91. The van der Waals surface area contributed by atoms with Crippen molar-refractivity contribution in [1.29, 1.82) is 0 Å². The molecule has 0 aliphatic rings. The van der Waals surface area contributed by atoms with Crippen LogP contribution < -0.4 is 0 Å². The molecule has 0 bridgehead atoms. The fourth-order valence-electron chi connectivity index (χ4n) is 0.782. The first-order chi connectivity index (χ1) is 4.84. The van der Waals surface area contributed by atoms with Gasteiger partial charge in [-0.15, -0.1) is 0 Å². The molecule has 1 aromatic heterocycles. The zero-order valence-electron chi connectivity index (χ0n) is 5.96. The van der Waals surface area contributed by atoms with E-state index < -0.39 is 0 Å². The molecule has 1 N–H and O–H groups in total. The normalized spacial score (nSPS) is 11.5. The first-order valence-corrected chi connectivity index (χ1v) is 3.11.